The zero-order valence-electron chi connectivity index (χ0n) is 11.5. The van der Waals surface area contributed by atoms with Crippen molar-refractivity contribution in [2.45, 2.75) is 52.9 Å². The fourth-order valence-corrected chi connectivity index (χ4v) is 2.19. The first kappa shape index (κ1) is 14.2. The lowest BCUT2D eigenvalue weighted by Crippen LogP contribution is -2.19. The zero-order chi connectivity index (χ0) is 12.7. The van der Waals surface area contributed by atoms with Gasteiger partial charge >= 0.3 is 0 Å². The summed E-state index contributed by atoms with van der Waals surface area (Å²) in [5.74, 6) is 1.32. The Labute approximate surface area is 106 Å². The van der Waals surface area contributed by atoms with Crippen molar-refractivity contribution in [2.75, 3.05) is 0 Å². The van der Waals surface area contributed by atoms with E-state index in [-0.39, 0.29) is 5.92 Å². The summed E-state index contributed by atoms with van der Waals surface area (Å²) in [7, 11) is 0. The maximum absolute atomic E-state index is 12.1. The van der Waals surface area contributed by atoms with Crippen LogP contribution < -0.4 is 0 Å². The Morgan fingerprint density at radius 1 is 1.00 bits per heavy atom. The zero-order valence-corrected chi connectivity index (χ0v) is 11.5. The molecule has 0 radical (unpaired) electrons. The van der Waals surface area contributed by atoms with Gasteiger partial charge in [-0.25, -0.2) is 0 Å². The molecule has 0 bridgehead atoms. The first-order chi connectivity index (χ1) is 8.11. The minimum absolute atomic E-state index is 0.155. The molecule has 96 valence electrons. The van der Waals surface area contributed by atoms with Gasteiger partial charge in [-0.2, -0.15) is 0 Å². The second kappa shape index (κ2) is 7.47. The lowest BCUT2D eigenvalue weighted by Gasteiger charge is -2.16. The van der Waals surface area contributed by atoms with Crippen molar-refractivity contribution in [2.24, 2.45) is 17.8 Å². The lowest BCUT2D eigenvalue weighted by molar-refractivity contribution is -0.123. The van der Waals surface area contributed by atoms with Crippen LogP contribution in [0.25, 0.3) is 0 Å². The molecule has 0 N–H and O–H groups in total. The van der Waals surface area contributed by atoms with Crippen molar-refractivity contribution >= 4 is 5.78 Å². The topological polar surface area (TPSA) is 17.1 Å². The number of ketones is 1. The van der Waals surface area contributed by atoms with Gasteiger partial charge in [0.25, 0.3) is 0 Å². The van der Waals surface area contributed by atoms with Crippen LogP contribution in [0.4, 0.5) is 0 Å². The van der Waals surface area contributed by atoms with Crippen LogP contribution >= 0.6 is 0 Å². The van der Waals surface area contributed by atoms with Gasteiger partial charge in [0, 0.05) is 12.3 Å². The van der Waals surface area contributed by atoms with Crippen molar-refractivity contribution in [3.63, 3.8) is 0 Å². The van der Waals surface area contributed by atoms with Crippen LogP contribution in [0.2, 0.25) is 0 Å². The maximum atomic E-state index is 12.1. The highest BCUT2D eigenvalue weighted by atomic mass is 16.1. The lowest BCUT2D eigenvalue weighted by atomic mass is 9.87. The summed E-state index contributed by atoms with van der Waals surface area (Å²) in [5, 5.41) is 0. The van der Waals surface area contributed by atoms with Gasteiger partial charge in [0.15, 0.2) is 0 Å². The predicted octanol–water partition coefficient (Wildman–Crippen LogP) is 4.54. The van der Waals surface area contributed by atoms with Crippen molar-refractivity contribution in [1.29, 1.82) is 0 Å². The Balaban J connectivity index is 2.67. The molecule has 3 unspecified atom stereocenters. The molecule has 3 atom stereocenters. The molecular weight excluding hydrogens is 208 g/mol. The van der Waals surface area contributed by atoms with Crippen molar-refractivity contribution in [3.8, 4) is 0 Å². The van der Waals surface area contributed by atoms with Gasteiger partial charge in [-0.15, -0.1) is 0 Å². The molecule has 1 heteroatoms. The normalized spacial score (nSPS) is 34.5. The summed E-state index contributed by atoms with van der Waals surface area (Å²) < 4.78 is 0. The van der Waals surface area contributed by atoms with Gasteiger partial charge < -0.3 is 0 Å². The summed E-state index contributed by atoms with van der Waals surface area (Å²) in [6, 6.07) is 0. The van der Waals surface area contributed by atoms with Gasteiger partial charge in [0.2, 0.25) is 0 Å². The largest absolute Gasteiger partial charge is 0.299 e. The van der Waals surface area contributed by atoms with E-state index in [1.165, 1.54) is 12.8 Å². The smallest absolute Gasteiger partial charge is 0.136 e. The first-order valence-corrected chi connectivity index (χ1v) is 6.97. The van der Waals surface area contributed by atoms with Crippen molar-refractivity contribution < 1.29 is 4.79 Å². The molecule has 1 aliphatic rings. The third kappa shape index (κ3) is 5.34. The van der Waals surface area contributed by atoms with Crippen LogP contribution in [0.3, 0.4) is 0 Å². The maximum Gasteiger partial charge on any atom is 0.136 e. The third-order valence-corrected chi connectivity index (χ3v) is 3.72. The summed E-state index contributed by atoms with van der Waals surface area (Å²) >= 11 is 0. The third-order valence-electron chi connectivity index (χ3n) is 3.72. The Morgan fingerprint density at radius 2 is 1.59 bits per heavy atom. The molecule has 1 nitrogen and oxygen atoms in total. The van der Waals surface area contributed by atoms with E-state index in [1.807, 2.05) is 0 Å². The standard InChI is InChI=1S/C16H26O/c1-13-10-8-6-4-5-7-9-11-14(2)15(3)16(17)12-13/h8-11,13-15H,4-7,12H2,1-3H3/b10-8?,11-9+. The number of allylic oxidation sites excluding steroid dienone is 4. The number of Topliss-reactive ketones (excluding diaryl/α,β-unsaturated/α-hetero) is 1. The summed E-state index contributed by atoms with van der Waals surface area (Å²) in [4.78, 5) is 12.1. The van der Waals surface area contributed by atoms with E-state index in [1.54, 1.807) is 0 Å². The number of hydrogen-bond acceptors (Lipinski definition) is 1. The second-order valence-electron chi connectivity index (χ2n) is 5.44. The highest BCUT2D eigenvalue weighted by Crippen LogP contribution is 2.19. The molecule has 0 aliphatic heterocycles. The summed E-state index contributed by atoms with van der Waals surface area (Å²) in [6.45, 7) is 6.36. The highest BCUT2D eigenvalue weighted by molar-refractivity contribution is 5.81. The minimum atomic E-state index is 0.155. The van der Waals surface area contributed by atoms with Crippen molar-refractivity contribution in [3.05, 3.63) is 24.3 Å². The van der Waals surface area contributed by atoms with E-state index in [4.69, 9.17) is 0 Å². The molecule has 0 heterocycles. The predicted molar refractivity (Wildman–Crippen MR) is 73.9 cm³/mol. The van der Waals surface area contributed by atoms with E-state index in [0.29, 0.717) is 24.0 Å². The number of carbonyl (C=O) groups excluding carboxylic acids is 1. The van der Waals surface area contributed by atoms with Crippen molar-refractivity contribution in [1.82, 2.24) is 0 Å². The van der Waals surface area contributed by atoms with E-state index in [0.717, 1.165) is 12.8 Å². The molecule has 0 aromatic carbocycles. The fourth-order valence-electron chi connectivity index (χ4n) is 2.19. The van der Waals surface area contributed by atoms with Gasteiger partial charge in [0.05, 0.1) is 0 Å². The molecule has 0 saturated carbocycles. The number of carbonyl (C=O) groups is 1. The van der Waals surface area contributed by atoms with Crippen LogP contribution in [0.5, 0.6) is 0 Å². The molecule has 0 aromatic heterocycles. The van der Waals surface area contributed by atoms with Crippen LogP contribution in [-0.2, 0) is 4.79 Å². The summed E-state index contributed by atoms with van der Waals surface area (Å²) in [5.41, 5.74) is 0. The fraction of sp³-hybridized carbons (Fsp3) is 0.688. The van der Waals surface area contributed by atoms with Gasteiger partial charge in [-0.3, -0.25) is 4.79 Å². The molecular formula is C16H26O. The quantitative estimate of drug-likeness (QED) is 0.562. The van der Waals surface area contributed by atoms with Crippen LogP contribution in [0.15, 0.2) is 24.3 Å². The summed E-state index contributed by atoms with van der Waals surface area (Å²) in [6.07, 6.45) is 14.4. The molecule has 0 amide bonds. The van der Waals surface area contributed by atoms with Crippen LogP contribution in [0, 0.1) is 17.8 Å². The Bertz CT molecular complexity index is 288. The molecule has 1 rings (SSSR count). The van der Waals surface area contributed by atoms with E-state index >= 15 is 0 Å². The molecule has 0 spiro atoms. The van der Waals surface area contributed by atoms with Crippen LogP contribution in [-0.4, -0.2) is 5.78 Å². The number of rotatable bonds is 0. The Morgan fingerprint density at radius 3 is 2.24 bits per heavy atom. The average Bonchev–Trinajstić information content (AvgIpc) is 2.30. The molecule has 1 aliphatic carbocycles. The molecule has 17 heavy (non-hydrogen) atoms. The van der Waals surface area contributed by atoms with E-state index < -0.39 is 0 Å². The molecule has 0 saturated heterocycles. The monoisotopic (exact) mass is 234 g/mol. The molecule has 0 fully saturated rings. The van der Waals surface area contributed by atoms with Gasteiger partial charge in [-0.05, 0) is 37.5 Å². The second-order valence-corrected chi connectivity index (χ2v) is 5.44. The highest BCUT2D eigenvalue weighted by Gasteiger charge is 2.19. The van der Waals surface area contributed by atoms with Gasteiger partial charge in [0.1, 0.15) is 5.78 Å². The SMILES string of the molecule is CC1C=CCCCC/C=C/C(C)C(C)C(=O)C1. The van der Waals surface area contributed by atoms with E-state index in [9.17, 15) is 4.79 Å². The van der Waals surface area contributed by atoms with Crippen LogP contribution in [0.1, 0.15) is 52.9 Å². The molecule has 0 aromatic rings. The van der Waals surface area contributed by atoms with Gasteiger partial charge in [-0.1, -0.05) is 45.1 Å². The first-order valence-electron chi connectivity index (χ1n) is 6.97. The Hall–Kier alpha value is -0.850. The Kier molecular flexibility index (Phi) is 6.25. The number of hydrogen-bond donors (Lipinski definition) is 0. The van der Waals surface area contributed by atoms with E-state index in [2.05, 4.69) is 45.1 Å². The average molecular weight is 234 g/mol. The minimum Gasteiger partial charge on any atom is -0.299 e.